The van der Waals surface area contributed by atoms with Gasteiger partial charge in [-0.05, 0) is 18.8 Å². The van der Waals surface area contributed by atoms with Gasteiger partial charge in [0.1, 0.15) is 5.84 Å². The Balaban J connectivity index is 2.14. The van der Waals surface area contributed by atoms with Gasteiger partial charge in [0, 0.05) is 26.2 Å². The quantitative estimate of drug-likeness (QED) is 0.855. The van der Waals surface area contributed by atoms with Crippen LogP contribution in [0.4, 0.5) is 5.69 Å². The smallest absolute Gasteiger partial charge is 0.101 e. The number of aliphatic imine (C=N–C) groups is 1. The number of rotatable bonds is 2. The summed E-state index contributed by atoms with van der Waals surface area (Å²) in [6.45, 7) is 5.30. The van der Waals surface area contributed by atoms with Gasteiger partial charge < -0.3 is 5.32 Å². The Bertz CT molecular complexity index is 404. The van der Waals surface area contributed by atoms with Crippen molar-refractivity contribution in [2.24, 2.45) is 12.0 Å². The number of anilines is 1. The minimum atomic E-state index is 0.435. The normalized spacial score (nSPS) is 16.8. The number of nitrogens with one attached hydrogen (secondary N) is 1. The van der Waals surface area contributed by atoms with Crippen molar-refractivity contribution in [2.45, 2.75) is 45.4 Å². The van der Waals surface area contributed by atoms with Crippen molar-refractivity contribution in [3.05, 3.63) is 11.9 Å². The first kappa shape index (κ1) is 12.1. The van der Waals surface area contributed by atoms with Crippen LogP contribution in [-0.2, 0) is 7.05 Å². The Morgan fingerprint density at radius 3 is 2.88 bits per heavy atom. The zero-order valence-corrected chi connectivity index (χ0v) is 11.0. The Kier molecular flexibility index (Phi) is 3.82. The van der Waals surface area contributed by atoms with E-state index in [-0.39, 0.29) is 0 Å². The van der Waals surface area contributed by atoms with E-state index in [0.717, 1.165) is 30.2 Å². The zero-order valence-electron chi connectivity index (χ0n) is 11.0. The Morgan fingerprint density at radius 1 is 1.29 bits per heavy atom. The molecule has 0 fully saturated rings. The van der Waals surface area contributed by atoms with E-state index in [0.29, 0.717) is 5.92 Å². The fourth-order valence-electron chi connectivity index (χ4n) is 2.16. The third-order valence-corrected chi connectivity index (χ3v) is 3.06. The molecule has 4 heteroatoms. The molecule has 1 aliphatic rings. The fourth-order valence-corrected chi connectivity index (χ4v) is 2.16. The molecular formula is C13H22N4. The summed E-state index contributed by atoms with van der Waals surface area (Å²) in [4.78, 5) is 4.60. The van der Waals surface area contributed by atoms with E-state index in [4.69, 9.17) is 0 Å². The van der Waals surface area contributed by atoms with Crippen molar-refractivity contribution in [3.8, 4) is 0 Å². The third-order valence-electron chi connectivity index (χ3n) is 3.06. The SMILES string of the molecule is CC(C)c1nn(C)cc1NC1=NCCCCC1. The van der Waals surface area contributed by atoms with E-state index >= 15 is 0 Å². The van der Waals surface area contributed by atoms with Crippen molar-refractivity contribution in [1.29, 1.82) is 0 Å². The minimum absolute atomic E-state index is 0.435. The molecule has 17 heavy (non-hydrogen) atoms. The van der Waals surface area contributed by atoms with Gasteiger partial charge in [-0.3, -0.25) is 9.67 Å². The van der Waals surface area contributed by atoms with E-state index < -0.39 is 0 Å². The lowest BCUT2D eigenvalue weighted by Crippen LogP contribution is -2.12. The summed E-state index contributed by atoms with van der Waals surface area (Å²) < 4.78 is 1.87. The molecule has 0 radical (unpaired) electrons. The van der Waals surface area contributed by atoms with E-state index in [2.05, 4.69) is 29.3 Å². The van der Waals surface area contributed by atoms with E-state index in [1.165, 1.54) is 19.3 Å². The molecule has 0 atom stereocenters. The van der Waals surface area contributed by atoms with Crippen LogP contribution in [0.25, 0.3) is 0 Å². The molecule has 1 aromatic heterocycles. The van der Waals surface area contributed by atoms with Crippen LogP contribution in [0.3, 0.4) is 0 Å². The molecule has 0 amide bonds. The van der Waals surface area contributed by atoms with Gasteiger partial charge in [0.15, 0.2) is 0 Å². The lowest BCUT2D eigenvalue weighted by atomic mass is 10.1. The van der Waals surface area contributed by atoms with Gasteiger partial charge in [0.2, 0.25) is 0 Å². The molecule has 1 aromatic rings. The van der Waals surface area contributed by atoms with Crippen molar-refractivity contribution in [1.82, 2.24) is 9.78 Å². The maximum Gasteiger partial charge on any atom is 0.101 e. The van der Waals surface area contributed by atoms with Crippen LogP contribution in [0.5, 0.6) is 0 Å². The third kappa shape index (κ3) is 3.08. The molecule has 1 N–H and O–H groups in total. The van der Waals surface area contributed by atoms with Gasteiger partial charge in [0.05, 0.1) is 11.4 Å². The van der Waals surface area contributed by atoms with Gasteiger partial charge in [-0.2, -0.15) is 5.10 Å². The molecule has 2 heterocycles. The molecule has 1 aliphatic heterocycles. The van der Waals surface area contributed by atoms with Crippen LogP contribution < -0.4 is 5.32 Å². The second-order valence-electron chi connectivity index (χ2n) is 5.02. The molecule has 2 rings (SSSR count). The van der Waals surface area contributed by atoms with Crippen molar-refractivity contribution in [2.75, 3.05) is 11.9 Å². The van der Waals surface area contributed by atoms with Crippen LogP contribution in [0.2, 0.25) is 0 Å². The van der Waals surface area contributed by atoms with Crippen LogP contribution in [-0.4, -0.2) is 22.2 Å². The maximum atomic E-state index is 4.60. The fraction of sp³-hybridized carbons (Fsp3) is 0.692. The summed E-state index contributed by atoms with van der Waals surface area (Å²) in [5.41, 5.74) is 2.24. The summed E-state index contributed by atoms with van der Waals surface area (Å²) in [5, 5.41) is 7.96. The second-order valence-corrected chi connectivity index (χ2v) is 5.02. The first-order valence-electron chi connectivity index (χ1n) is 6.50. The molecular weight excluding hydrogens is 212 g/mol. The number of amidine groups is 1. The topological polar surface area (TPSA) is 42.2 Å². The predicted molar refractivity (Wildman–Crippen MR) is 71.7 cm³/mol. The summed E-state index contributed by atoms with van der Waals surface area (Å²) in [6, 6.07) is 0. The predicted octanol–water partition coefficient (Wildman–Crippen LogP) is 2.93. The summed E-state index contributed by atoms with van der Waals surface area (Å²) in [6.07, 6.45) is 6.85. The molecule has 0 aromatic carbocycles. The van der Waals surface area contributed by atoms with Crippen LogP contribution >= 0.6 is 0 Å². The highest BCUT2D eigenvalue weighted by atomic mass is 15.3. The number of nitrogens with zero attached hydrogens (tertiary/aromatic N) is 3. The van der Waals surface area contributed by atoms with E-state index in [1.807, 2.05) is 17.9 Å². The van der Waals surface area contributed by atoms with Gasteiger partial charge in [-0.15, -0.1) is 0 Å². The molecule has 0 unspecified atom stereocenters. The molecule has 0 saturated heterocycles. The standard InChI is InChI=1S/C13H22N4/c1-10(2)13-11(9-17(3)16-13)15-12-7-5-4-6-8-14-12/h9-10H,4-8H2,1-3H3,(H,14,15). The Labute approximate surface area is 103 Å². The van der Waals surface area contributed by atoms with Gasteiger partial charge in [0.25, 0.3) is 0 Å². The number of aryl methyl sites for hydroxylation is 1. The average Bonchev–Trinajstić information content (AvgIpc) is 2.50. The van der Waals surface area contributed by atoms with Crippen molar-refractivity contribution >= 4 is 11.5 Å². The first-order valence-corrected chi connectivity index (χ1v) is 6.50. The second kappa shape index (κ2) is 5.34. The molecule has 0 aliphatic carbocycles. The molecule has 4 nitrogen and oxygen atoms in total. The molecule has 0 spiro atoms. The van der Waals surface area contributed by atoms with Crippen LogP contribution in [0, 0.1) is 0 Å². The Morgan fingerprint density at radius 2 is 2.12 bits per heavy atom. The summed E-state index contributed by atoms with van der Waals surface area (Å²) in [5.74, 6) is 1.56. The van der Waals surface area contributed by atoms with Gasteiger partial charge in [-0.1, -0.05) is 20.3 Å². The number of aromatic nitrogens is 2. The lowest BCUT2D eigenvalue weighted by molar-refractivity contribution is 0.713. The number of hydrogen-bond acceptors (Lipinski definition) is 3. The lowest BCUT2D eigenvalue weighted by Gasteiger charge is -2.09. The van der Waals surface area contributed by atoms with E-state index in [1.54, 1.807) is 0 Å². The van der Waals surface area contributed by atoms with Crippen LogP contribution in [0.1, 0.15) is 51.1 Å². The van der Waals surface area contributed by atoms with Crippen LogP contribution in [0.15, 0.2) is 11.2 Å². The number of hydrogen-bond donors (Lipinski definition) is 1. The minimum Gasteiger partial charge on any atom is -0.341 e. The maximum absolute atomic E-state index is 4.60. The van der Waals surface area contributed by atoms with E-state index in [9.17, 15) is 0 Å². The Hall–Kier alpha value is -1.32. The highest BCUT2D eigenvalue weighted by Gasteiger charge is 2.13. The monoisotopic (exact) mass is 234 g/mol. The van der Waals surface area contributed by atoms with Gasteiger partial charge >= 0.3 is 0 Å². The molecule has 0 saturated carbocycles. The first-order chi connectivity index (χ1) is 8.16. The highest BCUT2D eigenvalue weighted by Crippen LogP contribution is 2.23. The largest absolute Gasteiger partial charge is 0.341 e. The summed E-state index contributed by atoms with van der Waals surface area (Å²) >= 11 is 0. The molecule has 0 bridgehead atoms. The highest BCUT2D eigenvalue weighted by molar-refractivity contribution is 5.95. The zero-order chi connectivity index (χ0) is 12.3. The average molecular weight is 234 g/mol. The van der Waals surface area contributed by atoms with Gasteiger partial charge in [-0.25, -0.2) is 0 Å². The molecule has 94 valence electrons. The summed E-state index contributed by atoms with van der Waals surface area (Å²) in [7, 11) is 1.96. The van der Waals surface area contributed by atoms with Crippen molar-refractivity contribution < 1.29 is 0 Å². The van der Waals surface area contributed by atoms with Crippen molar-refractivity contribution in [3.63, 3.8) is 0 Å².